The van der Waals surface area contributed by atoms with Crippen LogP contribution in [0.5, 0.6) is 0 Å². The third-order valence-electron chi connectivity index (χ3n) is 4.11. The minimum Gasteiger partial charge on any atom is -0.481 e. The van der Waals surface area contributed by atoms with Crippen LogP contribution < -0.4 is 4.90 Å². The number of amides is 1. The van der Waals surface area contributed by atoms with Crippen LogP contribution >= 0.6 is 0 Å². The average molecular weight is 305 g/mol. The van der Waals surface area contributed by atoms with Gasteiger partial charge in [-0.1, -0.05) is 6.92 Å². The van der Waals surface area contributed by atoms with E-state index in [0.717, 1.165) is 24.8 Å². The lowest BCUT2D eigenvalue weighted by Gasteiger charge is -2.31. The Bertz CT molecular complexity index is 522. The minimum atomic E-state index is -0.910. The highest BCUT2D eigenvalue weighted by atomic mass is 16.4. The van der Waals surface area contributed by atoms with Crippen LogP contribution in [-0.2, 0) is 4.79 Å². The molecule has 6 nitrogen and oxygen atoms in total. The third-order valence-corrected chi connectivity index (χ3v) is 4.11. The first-order chi connectivity index (χ1) is 10.5. The zero-order valence-corrected chi connectivity index (χ0v) is 13.2. The number of piperidine rings is 1. The summed E-state index contributed by atoms with van der Waals surface area (Å²) in [6.45, 7) is 4.46. The lowest BCUT2D eigenvalue weighted by atomic mass is 9.99. The molecule has 6 heteroatoms. The topological polar surface area (TPSA) is 73.7 Å². The molecule has 1 fully saturated rings. The minimum absolute atomic E-state index is 0.0558. The molecule has 120 valence electrons. The van der Waals surface area contributed by atoms with Crippen LogP contribution in [0.15, 0.2) is 18.3 Å². The van der Waals surface area contributed by atoms with Crippen molar-refractivity contribution in [1.82, 2.24) is 9.88 Å². The van der Waals surface area contributed by atoms with E-state index in [9.17, 15) is 9.59 Å². The van der Waals surface area contributed by atoms with Gasteiger partial charge in [0.25, 0.3) is 5.91 Å². The van der Waals surface area contributed by atoms with Gasteiger partial charge in [0.15, 0.2) is 0 Å². The standard InChI is InChI=1S/C16H23N3O3/c1-12-5-9-19(10-6-12)14-4-3-13(11-17-14)16(22)18(2)8-7-15(20)21/h3-4,11-12H,5-10H2,1-2H3,(H,20,21). The number of aromatic nitrogens is 1. The van der Waals surface area contributed by atoms with Crippen molar-refractivity contribution < 1.29 is 14.7 Å². The van der Waals surface area contributed by atoms with Gasteiger partial charge in [0, 0.05) is 32.9 Å². The largest absolute Gasteiger partial charge is 0.481 e. The maximum atomic E-state index is 12.2. The summed E-state index contributed by atoms with van der Waals surface area (Å²) in [5.41, 5.74) is 0.488. The number of pyridine rings is 1. The summed E-state index contributed by atoms with van der Waals surface area (Å²) >= 11 is 0. The van der Waals surface area contributed by atoms with Crippen molar-refractivity contribution in [3.63, 3.8) is 0 Å². The molecular weight excluding hydrogens is 282 g/mol. The molecule has 1 aromatic rings. The van der Waals surface area contributed by atoms with Crippen LogP contribution in [0.1, 0.15) is 36.5 Å². The number of aliphatic carboxylic acids is 1. The van der Waals surface area contributed by atoms with Crippen molar-refractivity contribution in [3.05, 3.63) is 23.9 Å². The van der Waals surface area contributed by atoms with E-state index in [1.54, 1.807) is 19.3 Å². The first-order valence-corrected chi connectivity index (χ1v) is 7.65. The summed E-state index contributed by atoms with van der Waals surface area (Å²) in [4.78, 5) is 30.8. The van der Waals surface area contributed by atoms with Gasteiger partial charge in [-0.15, -0.1) is 0 Å². The summed E-state index contributed by atoms with van der Waals surface area (Å²) in [6, 6.07) is 3.63. The van der Waals surface area contributed by atoms with Crippen LogP contribution in [-0.4, -0.2) is 53.5 Å². The van der Waals surface area contributed by atoms with Gasteiger partial charge in [0.05, 0.1) is 12.0 Å². The van der Waals surface area contributed by atoms with Crippen LogP contribution in [0.2, 0.25) is 0 Å². The lowest BCUT2D eigenvalue weighted by Crippen LogP contribution is -2.33. The monoisotopic (exact) mass is 305 g/mol. The molecule has 0 unspecified atom stereocenters. The van der Waals surface area contributed by atoms with E-state index in [0.29, 0.717) is 5.56 Å². The molecule has 0 radical (unpaired) electrons. The Hall–Kier alpha value is -2.11. The molecule has 0 saturated carbocycles. The van der Waals surface area contributed by atoms with Crippen molar-refractivity contribution in [1.29, 1.82) is 0 Å². The second-order valence-corrected chi connectivity index (χ2v) is 5.95. The van der Waals surface area contributed by atoms with E-state index in [-0.39, 0.29) is 18.9 Å². The Morgan fingerprint density at radius 3 is 2.59 bits per heavy atom. The lowest BCUT2D eigenvalue weighted by molar-refractivity contribution is -0.137. The smallest absolute Gasteiger partial charge is 0.305 e. The molecule has 0 aliphatic carbocycles. The molecule has 1 saturated heterocycles. The van der Waals surface area contributed by atoms with Crippen LogP contribution in [0.25, 0.3) is 0 Å². The molecule has 1 aliphatic rings. The van der Waals surface area contributed by atoms with Crippen molar-refractivity contribution in [2.45, 2.75) is 26.2 Å². The average Bonchev–Trinajstić information content (AvgIpc) is 2.53. The second kappa shape index (κ2) is 7.24. The fourth-order valence-electron chi connectivity index (χ4n) is 2.52. The number of carbonyl (C=O) groups is 2. The highest BCUT2D eigenvalue weighted by molar-refractivity contribution is 5.94. The Kier molecular flexibility index (Phi) is 5.35. The predicted molar refractivity (Wildman–Crippen MR) is 84.1 cm³/mol. The van der Waals surface area contributed by atoms with E-state index in [4.69, 9.17) is 5.11 Å². The number of carboxylic acids is 1. The van der Waals surface area contributed by atoms with Crippen molar-refractivity contribution in [2.24, 2.45) is 5.92 Å². The van der Waals surface area contributed by atoms with E-state index in [1.165, 1.54) is 17.7 Å². The summed E-state index contributed by atoms with van der Waals surface area (Å²) in [5, 5.41) is 8.66. The number of carboxylic acid groups (broad SMARTS) is 1. The van der Waals surface area contributed by atoms with Gasteiger partial charge >= 0.3 is 5.97 Å². The van der Waals surface area contributed by atoms with Crippen molar-refractivity contribution in [3.8, 4) is 0 Å². The predicted octanol–water partition coefficient (Wildman–Crippen LogP) is 1.86. The van der Waals surface area contributed by atoms with Gasteiger partial charge in [-0.2, -0.15) is 0 Å². The van der Waals surface area contributed by atoms with Gasteiger partial charge in [0.1, 0.15) is 5.82 Å². The second-order valence-electron chi connectivity index (χ2n) is 5.95. The normalized spacial score (nSPS) is 15.6. The van der Waals surface area contributed by atoms with E-state index < -0.39 is 5.97 Å². The number of hydrogen-bond acceptors (Lipinski definition) is 4. The maximum absolute atomic E-state index is 12.2. The van der Waals surface area contributed by atoms with Gasteiger partial charge in [-0.05, 0) is 30.9 Å². The molecular formula is C16H23N3O3. The molecule has 0 bridgehead atoms. The Morgan fingerprint density at radius 2 is 2.05 bits per heavy atom. The molecule has 1 N–H and O–H groups in total. The molecule has 1 aromatic heterocycles. The molecule has 2 rings (SSSR count). The third kappa shape index (κ3) is 4.19. The quantitative estimate of drug-likeness (QED) is 0.899. The van der Waals surface area contributed by atoms with Gasteiger partial charge in [-0.3, -0.25) is 9.59 Å². The molecule has 2 heterocycles. The number of nitrogens with zero attached hydrogens (tertiary/aromatic N) is 3. The van der Waals surface area contributed by atoms with E-state index >= 15 is 0 Å². The molecule has 0 spiro atoms. The fourth-order valence-corrected chi connectivity index (χ4v) is 2.52. The van der Waals surface area contributed by atoms with E-state index in [1.807, 2.05) is 6.07 Å². The van der Waals surface area contributed by atoms with Crippen molar-refractivity contribution >= 4 is 17.7 Å². The zero-order chi connectivity index (χ0) is 16.1. The molecule has 0 aromatic carbocycles. The maximum Gasteiger partial charge on any atom is 0.305 e. The van der Waals surface area contributed by atoms with E-state index in [2.05, 4.69) is 16.8 Å². The summed E-state index contributed by atoms with van der Waals surface area (Å²) in [5.74, 6) is 0.552. The van der Waals surface area contributed by atoms with Gasteiger partial charge < -0.3 is 14.9 Å². The SMILES string of the molecule is CC1CCN(c2ccc(C(=O)N(C)CCC(=O)O)cn2)CC1. The first-order valence-electron chi connectivity index (χ1n) is 7.65. The Labute approximate surface area is 130 Å². The number of rotatable bonds is 5. The molecule has 22 heavy (non-hydrogen) atoms. The molecule has 1 amide bonds. The van der Waals surface area contributed by atoms with Gasteiger partial charge in [-0.25, -0.2) is 4.98 Å². The summed E-state index contributed by atoms with van der Waals surface area (Å²) in [6.07, 6.45) is 3.85. The Balaban J connectivity index is 1.96. The highest BCUT2D eigenvalue weighted by Crippen LogP contribution is 2.21. The van der Waals surface area contributed by atoms with Crippen molar-refractivity contribution in [2.75, 3.05) is 31.6 Å². The van der Waals surface area contributed by atoms with Gasteiger partial charge in [0.2, 0.25) is 0 Å². The zero-order valence-electron chi connectivity index (χ0n) is 13.2. The number of hydrogen-bond donors (Lipinski definition) is 1. The van der Waals surface area contributed by atoms with Crippen LogP contribution in [0.3, 0.4) is 0 Å². The first kappa shape index (κ1) is 16.3. The molecule has 1 aliphatic heterocycles. The highest BCUT2D eigenvalue weighted by Gasteiger charge is 2.18. The van der Waals surface area contributed by atoms with Crippen LogP contribution in [0, 0.1) is 5.92 Å². The summed E-state index contributed by atoms with van der Waals surface area (Å²) < 4.78 is 0. The molecule has 0 atom stereocenters. The Morgan fingerprint density at radius 1 is 1.36 bits per heavy atom. The summed E-state index contributed by atoms with van der Waals surface area (Å²) in [7, 11) is 1.60. The number of anilines is 1. The number of carbonyl (C=O) groups excluding carboxylic acids is 1. The fraction of sp³-hybridized carbons (Fsp3) is 0.562. The van der Waals surface area contributed by atoms with Crippen LogP contribution in [0.4, 0.5) is 5.82 Å².